The number of methoxy groups -OCH3 is 2. The summed E-state index contributed by atoms with van der Waals surface area (Å²) < 4.78 is 10.6. The maximum absolute atomic E-state index is 5.30. The topological polar surface area (TPSA) is 30.8 Å². The monoisotopic (exact) mass is 255 g/mol. The van der Waals surface area contributed by atoms with Gasteiger partial charge < -0.3 is 9.47 Å². The minimum Gasteiger partial charge on any atom is -0.493 e. The van der Waals surface area contributed by atoms with E-state index in [0.29, 0.717) is 0 Å². The van der Waals surface area contributed by atoms with E-state index in [0.717, 1.165) is 23.5 Å². The number of hydrogen-bond donors (Lipinski definition) is 0. The molecule has 0 radical (unpaired) electrons. The number of ether oxygens (including phenoxy) is 2. The summed E-state index contributed by atoms with van der Waals surface area (Å²) in [7, 11) is 3.31. The molecular formula is C13H18ClNO2. The molecule has 4 heteroatoms. The molecule has 0 aromatic heterocycles. The SMILES string of the molecule is COc1cc2c(cc1OC)CC(C)(C)N=C2.Cl. The zero-order valence-corrected chi connectivity index (χ0v) is 11.4. The van der Waals surface area contributed by atoms with Crippen LogP contribution in [0.15, 0.2) is 17.1 Å². The largest absolute Gasteiger partial charge is 0.493 e. The van der Waals surface area contributed by atoms with Crippen molar-refractivity contribution in [2.45, 2.75) is 25.8 Å². The molecule has 0 saturated carbocycles. The highest BCUT2D eigenvalue weighted by Gasteiger charge is 2.23. The normalized spacial score (nSPS) is 15.8. The molecule has 0 unspecified atom stereocenters. The second-order valence-corrected chi connectivity index (χ2v) is 4.65. The lowest BCUT2D eigenvalue weighted by Crippen LogP contribution is -2.24. The minimum atomic E-state index is -0.0212. The Labute approximate surface area is 108 Å². The Balaban J connectivity index is 0.00000144. The zero-order valence-electron chi connectivity index (χ0n) is 10.6. The molecule has 0 N–H and O–H groups in total. The molecule has 0 atom stereocenters. The number of rotatable bonds is 2. The number of aliphatic imine (C=N–C) groups is 1. The van der Waals surface area contributed by atoms with Gasteiger partial charge in [0.05, 0.1) is 19.8 Å². The van der Waals surface area contributed by atoms with Crippen molar-refractivity contribution >= 4 is 18.6 Å². The van der Waals surface area contributed by atoms with Crippen LogP contribution in [0.25, 0.3) is 0 Å². The summed E-state index contributed by atoms with van der Waals surface area (Å²) in [5.74, 6) is 1.54. The molecule has 1 aliphatic heterocycles. The molecule has 94 valence electrons. The van der Waals surface area contributed by atoms with Gasteiger partial charge in [-0.1, -0.05) is 0 Å². The van der Waals surface area contributed by atoms with Crippen LogP contribution < -0.4 is 9.47 Å². The van der Waals surface area contributed by atoms with Crippen molar-refractivity contribution in [3.05, 3.63) is 23.3 Å². The van der Waals surface area contributed by atoms with E-state index in [1.165, 1.54) is 5.56 Å². The quantitative estimate of drug-likeness (QED) is 0.814. The molecule has 1 aliphatic rings. The number of halogens is 1. The smallest absolute Gasteiger partial charge is 0.161 e. The van der Waals surface area contributed by atoms with E-state index in [4.69, 9.17) is 9.47 Å². The fourth-order valence-corrected chi connectivity index (χ4v) is 1.97. The molecule has 1 aromatic rings. The van der Waals surface area contributed by atoms with Crippen LogP contribution in [-0.4, -0.2) is 26.0 Å². The van der Waals surface area contributed by atoms with Crippen LogP contribution >= 0.6 is 12.4 Å². The van der Waals surface area contributed by atoms with Crippen molar-refractivity contribution < 1.29 is 9.47 Å². The molecule has 0 aliphatic carbocycles. The average Bonchev–Trinajstić information content (AvgIpc) is 2.26. The molecule has 0 amide bonds. The third-order valence-corrected chi connectivity index (χ3v) is 2.82. The molecule has 17 heavy (non-hydrogen) atoms. The Morgan fingerprint density at radius 3 is 2.29 bits per heavy atom. The van der Waals surface area contributed by atoms with Crippen LogP contribution in [0.3, 0.4) is 0 Å². The van der Waals surface area contributed by atoms with Gasteiger partial charge in [-0.2, -0.15) is 0 Å². The lowest BCUT2D eigenvalue weighted by atomic mass is 9.89. The van der Waals surface area contributed by atoms with Gasteiger partial charge >= 0.3 is 0 Å². The van der Waals surface area contributed by atoms with E-state index in [2.05, 4.69) is 18.8 Å². The van der Waals surface area contributed by atoms with E-state index >= 15 is 0 Å². The van der Waals surface area contributed by atoms with Gasteiger partial charge in [0.25, 0.3) is 0 Å². The summed E-state index contributed by atoms with van der Waals surface area (Å²) >= 11 is 0. The fourth-order valence-electron chi connectivity index (χ4n) is 1.97. The molecule has 3 nitrogen and oxygen atoms in total. The Hall–Kier alpha value is -1.22. The summed E-state index contributed by atoms with van der Waals surface area (Å²) in [5, 5.41) is 0. The maximum Gasteiger partial charge on any atom is 0.161 e. The van der Waals surface area contributed by atoms with Gasteiger partial charge in [-0.15, -0.1) is 12.4 Å². The Morgan fingerprint density at radius 1 is 1.12 bits per heavy atom. The third kappa shape index (κ3) is 2.72. The van der Waals surface area contributed by atoms with E-state index in [-0.39, 0.29) is 17.9 Å². The summed E-state index contributed by atoms with van der Waals surface area (Å²) in [4.78, 5) is 4.51. The Bertz CT molecular complexity index is 441. The van der Waals surface area contributed by atoms with Crippen molar-refractivity contribution in [3.8, 4) is 11.5 Å². The standard InChI is InChI=1S/C13H17NO2.ClH/c1-13(2)7-9-5-11(15-3)12(16-4)6-10(9)8-14-13;/h5-6,8H,7H2,1-4H3;1H. The predicted molar refractivity (Wildman–Crippen MR) is 72.2 cm³/mol. The Morgan fingerprint density at radius 2 is 1.71 bits per heavy atom. The molecule has 0 spiro atoms. The van der Waals surface area contributed by atoms with Crippen molar-refractivity contribution in [1.82, 2.24) is 0 Å². The van der Waals surface area contributed by atoms with E-state index < -0.39 is 0 Å². The van der Waals surface area contributed by atoms with Gasteiger partial charge in [0.2, 0.25) is 0 Å². The number of benzene rings is 1. The number of hydrogen-bond acceptors (Lipinski definition) is 3. The first kappa shape index (κ1) is 13.8. The first-order valence-electron chi connectivity index (χ1n) is 5.36. The maximum atomic E-state index is 5.30. The highest BCUT2D eigenvalue weighted by molar-refractivity contribution is 5.85. The number of fused-ring (bicyclic) bond motifs is 1. The van der Waals surface area contributed by atoms with Gasteiger partial charge in [-0.25, -0.2) is 0 Å². The molecule has 0 bridgehead atoms. The van der Waals surface area contributed by atoms with Crippen molar-refractivity contribution in [2.24, 2.45) is 4.99 Å². The summed E-state index contributed by atoms with van der Waals surface area (Å²) in [6.45, 7) is 4.26. The van der Waals surface area contributed by atoms with Gasteiger partial charge in [0.15, 0.2) is 11.5 Å². The van der Waals surface area contributed by atoms with Gasteiger partial charge in [0.1, 0.15) is 0 Å². The highest BCUT2D eigenvalue weighted by Crippen LogP contribution is 2.34. The molecular weight excluding hydrogens is 238 g/mol. The lowest BCUT2D eigenvalue weighted by molar-refractivity contribution is 0.354. The summed E-state index contributed by atoms with van der Waals surface area (Å²) in [6.07, 6.45) is 2.85. The predicted octanol–water partition coefficient (Wildman–Crippen LogP) is 2.88. The van der Waals surface area contributed by atoms with Crippen LogP contribution in [-0.2, 0) is 6.42 Å². The van der Waals surface area contributed by atoms with E-state index in [1.807, 2.05) is 18.3 Å². The fraction of sp³-hybridized carbons (Fsp3) is 0.462. The molecule has 0 fully saturated rings. The van der Waals surface area contributed by atoms with Gasteiger partial charge in [0, 0.05) is 6.21 Å². The summed E-state index contributed by atoms with van der Waals surface area (Å²) in [5.41, 5.74) is 2.36. The highest BCUT2D eigenvalue weighted by atomic mass is 35.5. The molecule has 1 aromatic carbocycles. The average molecular weight is 256 g/mol. The Kier molecular flexibility index (Phi) is 4.04. The second kappa shape index (κ2) is 4.96. The first-order valence-corrected chi connectivity index (χ1v) is 5.36. The zero-order chi connectivity index (χ0) is 11.8. The van der Waals surface area contributed by atoms with E-state index in [9.17, 15) is 0 Å². The van der Waals surface area contributed by atoms with Crippen molar-refractivity contribution in [3.63, 3.8) is 0 Å². The minimum absolute atomic E-state index is 0. The molecule has 1 heterocycles. The van der Waals surface area contributed by atoms with Crippen LogP contribution in [0, 0.1) is 0 Å². The molecule has 0 saturated heterocycles. The summed E-state index contributed by atoms with van der Waals surface area (Å²) in [6, 6.07) is 4.02. The van der Waals surface area contributed by atoms with Gasteiger partial charge in [-0.3, -0.25) is 4.99 Å². The van der Waals surface area contributed by atoms with Crippen molar-refractivity contribution in [1.29, 1.82) is 0 Å². The second-order valence-electron chi connectivity index (χ2n) is 4.65. The van der Waals surface area contributed by atoms with Crippen LogP contribution in [0.5, 0.6) is 11.5 Å². The van der Waals surface area contributed by atoms with Crippen LogP contribution in [0.1, 0.15) is 25.0 Å². The van der Waals surface area contributed by atoms with Gasteiger partial charge in [-0.05, 0) is 43.5 Å². The van der Waals surface area contributed by atoms with Crippen LogP contribution in [0.4, 0.5) is 0 Å². The first-order chi connectivity index (χ1) is 7.55. The van der Waals surface area contributed by atoms with Crippen LogP contribution in [0.2, 0.25) is 0 Å². The third-order valence-electron chi connectivity index (χ3n) is 2.82. The molecule has 2 rings (SSSR count). The van der Waals surface area contributed by atoms with Crippen molar-refractivity contribution in [2.75, 3.05) is 14.2 Å². The number of nitrogens with zero attached hydrogens (tertiary/aromatic N) is 1. The van der Waals surface area contributed by atoms with E-state index in [1.54, 1.807) is 14.2 Å². The lowest BCUT2D eigenvalue weighted by Gasteiger charge is -2.26.